The van der Waals surface area contributed by atoms with Gasteiger partial charge in [-0.2, -0.15) is 5.10 Å². The Morgan fingerprint density at radius 1 is 1.32 bits per heavy atom. The molecule has 2 heterocycles. The van der Waals surface area contributed by atoms with Crippen molar-refractivity contribution < 1.29 is 0 Å². The summed E-state index contributed by atoms with van der Waals surface area (Å²) in [6.07, 6.45) is 7.41. The third-order valence-corrected chi connectivity index (χ3v) is 2.99. The minimum atomic E-state index is 0.176. The maximum absolute atomic E-state index is 4.33. The minimum absolute atomic E-state index is 0.176. The fourth-order valence-electron chi connectivity index (χ4n) is 2.00. The summed E-state index contributed by atoms with van der Waals surface area (Å²) in [7, 11) is 2.13. The maximum Gasteiger partial charge on any atom is 0.0889 e. The van der Waals surface area contributed by atoms with Crippen LogP contribution in [0.4, 0.5) is 0 Å². The highest BCUT2D eigenvalue weighted by molar-refractivity contribution is 5.51. The summed E-state index contributed by atoms with van der Waals surface area (Å²) in [5.41, 5.74) is 2.47. The molecule has 0 saturated carbocycles. The van der Waals surface area contributed by atoms with Crippen LogP contribution in [0.2, 0.25) is 0 Å². The zero-order valence-corrected chi connectivity index (χ0v) is 12.2. The van der Waals surface area contributed by atoms with Crippen LogP contribution in [0.5, 0.6) is 0 Å². The van der Waals surface area contributed by atoms with E-state index >= 15 is 0 Å². The monoisotopic (exact) mass is 261 g/mol. The molecule has 104 valence electrons. The van der Waals surface area contributed by atoms with Crippen LogP contribution < -0.4 is 5.32 Å². The van der Waals surface area contributed by atoms with Crippen LogP contribution >= 0.6 is 0 Å². The first-order valence-corrected chi connectivity index (χ1v) is 6.65. The number of aromatic nitrogens is 3. The predicted octanol–water partition coefficient (Wildman–Crippen LogP) is 1.55. The van der Waals surface area contributed by atoms with Gasteiger partial charge < -0.3 is 10.2 Å². The second-order valence-corrected chi connectivity index (χ2v) is 5.99. The van der Waals surface area contributed by atoms with Crippen molar-refractivity contribution in [3.63, 3.8) is 0 Å². The molecule has 5 nitrogen and oxygen atoms in total. The minimum Gasteiger partial charge on any atom is -0.311 e. The molecule has 0 unspecified atom stereocenters. The molecule has 2 aromatic heterocycles. The third-order valence-electron chi connectivity index (χ3n) is 2.99. The first kappa shape index (κ1) is 14.0. The van der Waals surface area contributed by atoms with Gasteiger partial charge in [-0.3, -0.25) is 4.98 Å². The highest BCUT2D eigenvalue weighted by atomic mass is 15.2. The molecule has 2 rings (SSSR count). The van der Waals surface area contributed by atoms with Gasteiger partial charge in [0, 0.05) is 43.1 Å². The van der Waals surface area contributed by atoms with E-state index in [9.17, 15) is 0 Å². The number of fused-ring (bicyclic) bond motifs is 1. The number of likely N-dealkylation sites (N-methyl/N-ethyl adjacent to an activating group) is 1. The normalized spacial score (nSPS) is 12.5. The maximum atomic E-state index is 4.33. The van der Waals surface area contributed by atoms with Crippen molar-refractivity contribution in [1.29, 1.82) is 0 Å². The number of hydrogen-bond donors (Lipinski definition) is 1. The third kappa shape index (κ3) is 4.01. The number of nitrogens with one attached hydrogen (secondary N) is 1. The fraction of sp³-hybridized carbons (Fsp3) is 0.571. The Labute approximate surface area is 114 Å². The lowest BCUT2D eigenvalue weighted by molar-refractivity contribution is 0.304. The highest BCUT2D eigenvalue weighted by Crippen LogP contribution is 2.10. The van der Waals surface area contributed by atoms with Crippen LogP contribution in [0.3, 0.4) is 0 Å². The summed E-state index contributed by atoms with van der Waals surface area (Å²) < 4.78 is 1.86. The van der Waals surface area contributed by atoms with Gasteiger partial charge in [0.25, 0.3) is 0 Å². The molecule has 0 saturated heterocycles. The van der Waals surface area contributed by atoms with E-state index in [-0.39, 0.29) is 5.54 Å². The molecular weight excluding hydrogens is 238 g/mol. The zero-order valence-electron chi connectivity index (χ0n) is 12.2. The van der Waals surface area contributed by atoms with Crippen molar-refractivity contribution >= 4 is 5.52 Å². The molecule has 0 fully saturated rings. The summed E-state index contributed by atoms with van der Waals surface area (Å²) in [6.45, 7) is 9.44. The Morgan fingerprint density at radius 2 is 2.11 bits per heavy atom. The van der Waals surface area contributed by atoms with Crippen LogP contribution in [-0.4, -0.2) is 45.2 Å². The van der Waals surface area contributed by atoms with Gasteiger partial charge in [0.15, 0.2) is 0 Å². The molecule has 0 radical (unpaired) electrons. The lowest BCUT2D eigenvalue weighted by Crippen LogP contribution is -2.40. The average molecular weight is 261 g/mol. The summed E-state index contributed by atoms with van der Waals surface area (Å²) >= 11 is 0. The SMILES string of the molecule is CN(CCNC(C)(C)C)Cc1cnn2ccncc12. The molecule has 5 heteroatoms. The molecule has 0 aromatic carbocycles. The molecular formula is C14H23N5. The molecule has 0 spiro atoms. The molecule has 0 atom stereocenters. The Balaban J connectivity index is 1.90. The predicted molar refractivity (Wildman–Crippen MR) is 77.1 cm³/mol. The first-order valence-electron chi connectivity index (χ1n) is 6.65. The van der Waals surface area contributed by atoms with Gasteiger partial charge in [-0.25, -0.2) is 4.52 Å². The number of nitrogens with zero attached hydrogens (tertiary/aromatic N) is 4. The van der Waals surface area contributed by atoms with Crippen LogP contribution in [0.1, 0.15) is 26.3 Å². The van der Waals surface area contributed by atoms with Crippen LogP contribution in [0, 0.1) is 0 Å². The van der Waals surface area contributed by atoms with Gasteiger partial charge in [-0.15, -0.1) is 0 Å². The molecule has 0 aliphatic rings. The Hall–Kier alpha value is -1.46. The molecule has 0 aliphatic heterocycles. The molecule has 0 bridgehead atoms. The average Bonchev–Trinajstić information content (AvgIpc) is 2.71. The number of hydrogen-bond acceptors (Lipinski definition) is 4. The standard InChI is InChI=1S/C14H23N5/c1-14(2,3)16-6-7-18(4)11-12-9-17-19-8-5-15-10-13(12)19/h5,8-10,16H,6-7,11H2,1-4H3. The van der Waals surface area contributed by atoms with Crippen molar-refractivity contribution in [2.75, 3.05) is 20.1 Å². The van der Waals surface area contributed by atoms with E-state index in [4.69, 9.17) is 0 Å². The topological polar surface area (TPSA) is 45.5 Å². The van der Waals surface area contributed by atoms with Crippen molar-refractivity contribution in [2.24, 2.45) is 0 Å². The van der Waals surface area contributed by atoms with Gasteiger partial charge in [0.2, 0.25) is 0 Å². The zero-order chi connectivity index (χ0) is 13.9. The van der Waals surface area contributed by atoms with Crippen LogP contribution in [0.25, 0.3) is 5.52 Å². The van der Waals surface area contributed by atoms with Crippen molar-refractivity contribution in [3.8, 4) is 0 Å². The quantitative estimate of drug-likeness (QED) is 0.887. The van der Waals surface area contributed by atoms with E-state index < -0.39 is 0 Å². The van der Waals surface area contributed by atoms with Gasteiger partial charge >= 0.3 is 0 Å². The molecule has 0 amide bonds. The lowest BCUT2D eigenvalue weighted by atomic mass is 10.1. The van der Waals surface area contributed by atoms with Crippen molar-refractivity contribution in [2.45, 2.75) is 32.9 Å². The molecule has 19 heavy (non-hydrogen) atoms. The lowest BCUT2D eigenvalue weighted by Gasteiger charge is -2.23. The summed E-state index contributed by atoms with van der Waals surface area (Å²) in [6, 6.07) is 0. The largest absolute Gasteiger partial charge is 0.311 e. The Bertz CT molecular complexity index is 526. The van der Waals surface area contributed by atoms with E-state index in [2.05, 4.69) is 48.1 Å². The van der Waals surface area contributed by atoms with Gasteiger partial charge in [0.05, 0.1) is 17.9 Å². The van der Waals surface area contributed by atoms with Gasteiger partial charge in [-0.05, 0) is 27.8 Å². The second kappa shape index (κ2) is 5.67. The second-order valence-electron chi connectivity index (χ2n) is 5.99. The van der Waals surface area contributed by atoms with E-state index in [0.29, 0.717) is 0 Å². The van der Waals surface area contributed by atoms with E-state index in [1.54, 1.807) is 6.20 Å². The summed E-state index contributed by atoms with van der Waals surface area (Å²) in [5, 5.41) is 7.82. The van der Waals surface area contributed by atoms with E-state index in [1.807, 2.05) is 23.1 Å². The number of rotatable bonds is 5. The van der Waals surface area contributed by atoms with E-state index in [1.165, 1.54) is 5.56 Å². The van der Waals surface area contributed by atoms with Gasteiger partial charge in [0.1, 0.15) is 0 Å². The van der Waals surface area contributed by atoms with Crippen LogP contribution in [-0.2, 0) is 6.54 Å². The Morgan fingerprint density at radius 3 is 2.84 bits per heavy atom. The summed E-state index contributed by atoms with van der Waals surface area (Å²) in [4.78, 5) is 6.45. The fourth-order valence-corrected chi connectivity index (χ4v) is 2.00. The van der Waals surface area contributed by atoms with Crippen molar-refractivity contribution in [3.05, 3.63) is 30.4 Å². The summed E-state index contributed by atoms with van der Waals surface area (Å²) in [5.74, 6) is 0. The molecule has 0 aliphatic carbocycles. The highest BCUT2D eigenvalue weighted by Gasteiger charge is 2.10. The van der Waals surface area contributed by atoms with Crippen molar-refractivity contribution in [1.82, 2.24) is 24.8 Å². The van der Waals surface area contributed by atoms with Crippen LogP contribution in [0.15, 0.2) is 24.8 Å². The van der Waals surface area contributed by atoms with Gasteiger partial charge in [-0.1, -0.05) is 0 Å². The Kier molecular flexibility index (Phi) is 4.17. The molecule has 1 N–H and O–H groups in total. The first-order chi connectivity index (χ1) is 8.96. The smallest absolute Gasteiger partial charge is 0.0889 e. The molecule has 2 aromatic rings. The van der Waals surface area contributed by atoms with E-state index in [0.717, 1.165) is 25.2 Å².